The van der Waals surface area contributed by atoms with Crippen LogP contribution in [0.1, 0.15) is 32.8 Å². The number of likely N-dealkylation sites (tertiary alicyclic amines) is 1. The van der Waals surface area contributed by atoms with Crippen molar-refractivity contribution in [2.75, 3.05) is 26.3 Å². The molecule has 1 N–H and O–H groups in total. The van der Waals surface area contributed by atoms with Crippen LogP contribution in [0.5, 0.6) is 0 Å². The highest BCUT2D eigenvalue weighted by Crippen LogP contribution is 2.38. The number of ether oxygens (including phenoxy) is 2. The van der Waals surface area contributed by atoms with Crippen molar-refractivity contribution >= 4 is 6.09 Å². The molecule has 0 radical (unpaired) electrons. The number of carbonyl (C=O) groups is 1. The molecule has 0 aromatic heterocycles. The van der Waals surface area contributed by atoms with Crippen LogP contribution < -0.4 is 5.32 Å². The number of piperidine rings is 1. The van der Waals surface area contributed by atoms with E-state index >= 15 is 0 Å². The number of rotatable bonds is 3. The largest absolute Gasteiger partial charge is 0.444 e. The first kappa shape index (κ1) is 17.2. The Morgan fingerprint density at radius 3 is 2.62 bits per heavy atom. The van der Waals surface area contributed by atoms with Crippen LogP contribution in [0.2, 0.25) is 0 Å². The summed E-state index contributed by atoms with van der Waals surface area (Å²) in [6.45, 7) is 9.94. The summed E-state index contributed by atoms with van der Waals surface area (Å²) in [6, 6.07) is 10.6. The van der Waals surface area contributed by atoms with Crippen LogP contribution in [0.25, 0.3) is 0 Å². The molecule has 2 saturated heterocycles. The molecule has 5 heteroatoms. The Bertz CT molecular complexity index is 564. The van der Waals surface area contributed by atoms with Gasteiger partial charge in [0.25, 0.3) is 0 Å². The van der Waals surface area contributed by atoms with Gasteiger partial charge in [0.2, 0.25) is 0 Å². The molecule has 2 fully saturated rings. The Morgan fingerprint density at radius 2 is 2.04 bits per heavy atom. The molecule has 5 nitrogen and oxygen atoms in total. The molecule has 1 amide bonds. The first-order chi connectivity index (χ1) is 11.4. The second-order valence-corrected chi connectivity index (χ2v) is 8.04. The summed E-state index contributed by atoms with van der Waals surface area (Å²) in [7, 11) is 0. The van der Waals surface area contributed by atoms with Crippen LogP contribution in [0.15, 0.2) is 30.3 Å². The van der Waals surface area contributed by atoms with Crippen molar-refractivity contribution in [3.05, 3.63) is 35.9 Å². The number of nitrogens with one attached hydrogen (secondary N) is 1. The summed E-state index contributed by atoms with van der Waals surface area (Å²) < 4.78 is 10.9. The molecular weight excluding hydrogens is 304 g/mol. The van der Waals surface area contributed by atoms with E-state index in [9.17, 15) is 4.79 Å². The Hall–Kier alpha value is -1.59. The van der Waals surface area contributed by atoms with Crippen LogP contribution in [0, 0.1) is 5.41 Å². The van der Waals surface area contributed by atoms with Crippen LogP contribution >= 0.6 is 0 Å². The third-order valence-corrected chi connectivity index (χ3v) is 4.73. The molecule has 2 heterocycles. The molecule has 1 unspecified atom stereocenters. The van der Waals surface area contributed by atoms with Gasteiger partial charge in [-0.2, -0.15) is 0 Å². The van der Waals surface area contributed by atoms with E-state index in [4.69, 9.17) is 9.47 Å². The molecule has 0 saturated carbocycles. The lowest BCUT2D eigenvalue weighted by Crippen LogP contribution is -2.66. The molecule has 1 atom stereocenters. The van der Waals surface area contributed by atoms with Crippen molar-refractivity contribution in [2.45, 2.75) is 45.4 Å². The van der Waals surface area contributed by atoms with Gasteiger partial charge in [0.05, 0.1) is 18.6 Å². The van der Waals surface area contributed by atoms with Crippen molar-refractivity contribution in [1.82, 2.24) is 10.2 Å². The Balaban J connectivity index is 1.60. The molecule has 3 rings (SSSR count). The van der Waals surface area contributed by atoms with Gasteiger partial charge in [-0.05, 0) is 32.8 Å². The number of carbonyl (C=O) groups excluding carboxylic acids is 1. The van der Waals surface area contributed by atoms with E-state index in [2.05, 4.69) is 34.5 Å². The first-order valence-electron chi connectivity index (χ1n) is 8.70. The van der Waals surface area contributed by atoms with Crippen LogP contribution in [-0.4, -0.2) is 48.9 Å². The van der Waals surface area contributed by atoms with Gasteiger partial charge >= 0.3 is 6.09 Å². The number of nitrogens with zero attached hydrogens (tertiary/aromatic N) is 1. The number of alkyl carbamates (subject to hydrolysis) is 1. The fourth-order valence-electron chi connectivity index (χ4n) is 3.56. The number of amides is 1. The Labute approximate surface area is 144 Å². The van der Waals surface area contributed by atoms with Crippen molar-refractivity contribution in [2.24, 2.45) is 5.41 Å². The lowest BCUT2D eigenvalue weighted by Gasteiger charge is -2.53. The standard InChI is InChI=1S/C19H28N2O3/c1-18(2,3)24-17(22)20-16-9-10-21(12-19(16)13-23-14-19)11-15-7-5-4-6-8-15/h4-8,16H,9-14H2,1-3H3,(H,20,22). The van der Waals surface area contributed by atoms with Gasteiger partial charge in [-0.3, -0.25) is 4.90 Å². The van der Waals surface area contributed by atoms with Gasteiger partial charge in [0.1, 0.15) is 5.60 Å². The fourth-order valence-corrected chi connectivity index (χ4v) is 3.56. The average Bonchev–Trinajstić information content (AvgIpc) is 2.46. The predicted octanol–water partition coefficient (Wildman–Crippen LogP) is 2.80. The molecule has 0 aliphatic carbocycles. The summed E-state index contributed by atoms with van der Waals surface area (Å²) >= 11 is 0. The second kappa shape index (κ2) is 6.73. The summed E-state index contributed by atoms with van der Waals surface area (Å²) in [5, 5.41) is 3.08. The normalized spacial score (nSPS) is 23.5. The molecule has 1 aromatic rings. The molecule has 2 aliphatic heterocycles. The van der Waals surface area contributed by atoms with Crippen molar-refractivity contribution in [1.29, 1.82) is 0 Å². The average molecular weight is 332 g/mol. The van der Waals surface area contributed by atoms with E-state index in [0.29, 0.717) is 13.2 Å². The third-order valence-electron chi connectivity index (χ3n) is 4.73. The lowest BCUT2D eigenvalue weighted by molar-refractivity contribution is -0.160. The maximum atomic E-state index is 12.1. The van der Waals surface area contributed by atoms with Crippen molar-refractivity contribution in [3.8, 4) is 0 Å². The highest BCUT2D eigenvalue weighted by atomic mass is 16.6. The molecule has 1 spiro atoms. The second-order valence-electron chi connectivity index (χ2n) is 8.04. The predicted molar refractivity (Wildman–Crippen MR) is 92.7 cm³/mol. The lowest BCUT2D eigenvalue weighted by atomic mass is 9.73. The minimum atomic E-state index is -0.471. The van der Waals surface area contributed by atoms with E-state index in [1.54, 1.807) is 0 Å². The van der Waals surface area contributed by atoms with Gasteiger partial charge < -0.3 is 14.8 Å². The van der Waals surface area contributed by atoms with E-state index < -0.39 is 5.60 Å². The van der Waals surface area contributed by atoms with Gasteiger partial charge in [0.15, 0.2) is 0 Å². The fraction of sp³-hybridized carbons (Fsp3) is 0.632. The molecule has 1 aromatic carbocycles. The quantitative estimate of drug-likeness (QED) is 0.925. The highest BCUT2D eigenvalue weighted by Gasteiger charge is 2.50. The Morgan fingerprint density at radius 1 is 1.33 bits per heavy atom. The smallest absolute Gasteiger partial charge is 0.407 e. The number of hydrogen-bond donors (Lipinski definition) is 1. The maximum Gasteiger partial charge on any atom is 0.407 e. The van der Waals surface area contributed by atoms with Gasteiger partial charge in [-0.1, -0.05) is 30.3 Å². The minimum Gasteiger partial charge on any atom is -0.444 e. The third kappa shape index (κ3) is 4.08. The molecule has 0 bridgehead atoms. The zero-order valence-electron chi connectivity index (χ0n) is 14.9. The molecular formula is C19H28N2O3. The molecule has 132 valence electrons. The summed E-state index contributed by atoms with van der Waals surface area (Å²) in [6.07, 6.45) is 0.602. The van der Waals surface area contributed by atoms with Crippen molar-refractivity contribution in [3.63, 3.8) is 0 Å². The zero-order chi connectivity index (χ0) is 17.2. The van der Waals surface area contributed by atoms with Gasteiger partial charge in [-0.15, -0.1) is 0 Å². The Kier molecular flexibility index (Phi) is 4.83. The summed E-state index contributed by atoms with van der Waals surface area (Å²) in [5.41, 5.74) is 0.872. The van der Waals surface area contributed by atoms with E-state index in [-0.39, 0.29) is 17.6 Å². The zero-order valence-corrected chi connectivity index (χ0v) is 14.9. The van der Waals surface area contributed by atoms with E-state index in [0.717, 1.165) is 26.1 Å². The SMILES string of the molecule is CC(C)(C)OC(=O)NC1CCN(Cc2ccccc2)CC12COC2. The number of benzene rings is 1. The monoisotopic (exact) mass is 332 g/mol. The minimum absolute atomic E-state index is 0.0178. The van der Waals surface area contributed by atoms with Crippen LogP contribution in [-0.2, 0) is 16.0 Å². The summed E-state index contributed by atoms with van der Waals surface area (Å²) in [4.78, 5) is 14.6. The van der Waals surface area contributed by atoms with E-state index in [1.165, 1.54) is 5.56 Å². The molecule has 24 heavy (non-hydrogen) atoms. The van der Waals surface area contributed by atoms with E-state index in [1.807, 2.05) is 26.8 Å². The van der Waals surface area contributed by atoms with Gasteiger partial charge in [0, 0.05) is 25.7 Å². The summed E-state index contributed by atoms with van der Waals surface area (Å²) in [5.74, 6) is 0. The first-order valence-corrected chi connectivity index (χ1v) is 8.70. The molecule has 2 aliphatic rings. The topological polar surface area (TPSA) is 50.8 Å². The van der Waals surface area contributed by atoms with Crippen LogP contribution in [0.3, 0.4) is 0 Å². The van der Waals surface area contributed by atoms with Crippen molar-refractivity contribution < 1.29 is 14.3 Å². The maximum absolute atomic E-state index is 12.1. The number of hydrogen-bond acceptors (Lipinski definition) is 4. The van der Waals surface area contributed by atoms with Gasteiger partial charge in [-0.25, -0.2) is 4.79 Å². The van der Waals surface area contributed by atoms with Crippen LogP contribution in [0.4, 0.5) is 4.79 Å². The highest BCUT2D eigenvalue weighted by molar-refractivity contribution is 5.68.